The summed E-state index contributed by atoms with van der Waals surface area (Å²) >= 11 is 0. The minimum absolute atomic E-state index is 0.260. The Morgan fingerprint density at radius 3 is 2.54 bits per heavy atom. The van der Waals surface area contributed by atoms with Crippen LogP contribution in [0.5, 0.6) is 5.75 Å². The van der Waals surface area contributed by atoms with Crippen LogP contribution in [0.25, 0.3) is 22.4 Å². The molecule has 0 spiro atoms. The third-order valence-corrected chi connectivity index (χ3v) is 7.23. The van der Waals surface area contributed by atoms with Crippen LogP contribution in [0.15, 0.2) is 116 Å². The lowest BCUT2D eigenvalue weighted by Gasteiger charge is -2.41. The molecular formula is C33H29N5O. The minimum Gasteiger partial charge on any atom is -0.373 e. The van der Waals surface area contributed by atoms with Crippen molar-refractivity contribution < 1.29 is 4.84 Å². The van der Waals surface area contributed by atoms with Gasteiger partial charge < -0.3 is 4.84 Å². The van der Waals surface area contributed by atoms with Crippen LogP contribution < -0.4 is 9.90 Å². The number of allylic oxidation sites excluding steroid dienone is 3. The van der Waals surface area contributed by atoms with Gasteiger partial charge in [-0.2, -0.15) is 10.2 Å². The largest absolute Gasteiger partial charge is 0.373 e. The van der Waals surface area contributed by atoms with Crippen molar-refractivity contribution in [3.63, 3.8) is 0 Å². The first-order valence-electron chi connectivity index (χ1n) is 12.9. The molecule has 0 radical (unpaired) electrons. The van der Waals surface area contributed by atoms with Gasteiger partial charge in [-0.1, -0.05) is 62.9 Å². The molecule has 3 aromatic heterocycles. The fraction of sp³-hybridized carbons (Fsp3) is 0.121. The van der Waals surface area contributed by atoms with E-state index < -0.39 is 0 Å². The molecule has 6 heteroatoms. The highest BCUT2D eigenvalue weighted by atomic mass is 16.7. The lowest BCUT2D eigenvalue weighted by Crippen LogP contribution is -2.36. The molecule has 0 fully saturated rings. The summed E-state index contributed by atoms with van der Waals surface area (Å²) in [5, 5.41) is 6.47. The Hall–Kier alpha value is -4.97. The van der Waals surface area contributed by atoms with Gasteiger partial charge in [0.2, 0.25) is 0 Å². The van der Waals surface area contributed by atoms with Crippen molar-refractivity contribution in [2.75, 3.05) is 5.06 Å². The molecule has 0 aliphatic carbocycles. The molecule has 0 saturated heterocycles. The number of benzene rings is 2. The van der Waals surface area contributed by atoms with E-state index in [1.54, 1.807) is 12.4 Å². The van der Waals surface area contributed by atoms with Gasteiger partial charge >= 0.3 is 0 Å². The molecule has 0 amide bonds. The monoisotopic (exact) mass is 511 g/mol. The van der Waals surface area contributed by atoms with Crippen LogP contribution >= 0.6 is 0 Å². The van der Waals surface area contributed by atoms with E-state index in [9.17, 15) is 0 Å². The Labute approximate surface area is 228 Å². The molecule has 2 aromatic carbocycles. The molecule has 6 rings (SSSR count). The van der Waals surface area contributed by atoms with Crippen molar-refractivity contribution >= 4 is 17.1 Å². The Kier molecular flexibility index (Phi) is 6.08. The van der Waals surface area contributed by atoms with E-state index >= 15 is 0 Å². The number of anilines is 2. The van der Waals surface area contributed by atoms with Gasteiger partial charge in [-0.25, -0.2) is 9.67 Å². The molecule has 5 aromatic rings. The average molecular weight is 512 g/mol. The molecular weight excluding hydrogens is 482 g/mol. The first kappa shape index (κ1) is 24.4. The topological polar surface area (TPSA) is 56.1 Å². The van der Waals surface area contributed by atoms with Gasteiger partial charge in [0, 0.05) is 53.0 Å². The quantitative estimate of drug-likeness (QED) is 0.219. The second kappa shape index (κ2) is 9.72. The summed E-state index contributed by atoms with van der Waals surface area (Å²) in [7, 11) is 0. The predicted molar refractivity (Wildman–Crippen MR) is 156 cm³/mol. The summed E-state index contributed by atoms with van der Waals surface area (Å²) in [5.41, 5.74) is 8.13. The van der Waals surface area contributed by atoms with Crippen LogP contribution in [-0.4, -0.2) is 19.7 Å². The summed E-state index contributed by atoms with van der Waals surface area (Å²) in [5.74, 6) is 1.45. The maximum absolute atomic E-state index is 6.69. The van der Waals surface area contributed by atoms with E-state index in [-0.39, 0.29) is 5.41 Å². The van der Waals surface area contributed by atoms with E-state index in [1.807, 2.05) is 83.0 Å². The third kappa shape index (κ3) is 4.30. The van der Waals surface area contributed by atoms with Crippen LogP contribution in [0.1, 0.15) is 37.5 Å². The zero-order valence-corrected chi connectivity index (χ0v) is 22.2. The zero-order valence-electron chi connectivity index (χ0n) is 22.2. The van der Waals surface area contributed by atoms with Crippen LogP contribution in [0.4, 0.5) is 11.5 Å². The molecule has 192 valence electrons. The molecule has 0 atom stereocenters. The van der Waals surface area contributed by atoms with Gasteiger partial charge in [0.25, 0.3) is 0 Å². The summed E-state index contributed by atoms with van der Waals surface area (Å²) < 4.78 is 1.85. The Morgan fingerprint density at radius 2 is 1.72 bits per heavy atom. The number of aromatic nitrogens is 4. The number of nitrogens with zero attached hydrogens (tertiary/aromatic N) is 5. The zero-order chi connectivity index (χ0) is 27.0. The number of hydrogen-bond acceptors (Lipinski definition) is 5. The highest BCUT2D eigenvalue weighted by Crippen LogP contribution is 2.50. The molecule has 0 N–H and O–H groups in total. The van der Waals surface area contributed by atoms with Crippen LogP contribution in [-0.2, 0) is 5.41 Å². The van der Waals surface area contributed by atoms with Crippen molar-refractivity contribution in [3.8, 4) is 22.6 Å². The number of para-hydroxylation sites is 1. The first-order chi connectivity index (χ1) is 19.0. The van der Waals surface area contributed by atoms with Crippen LogP contribution in [0.2, 0.25) is 0 Å². The lowest BCUT2D eigenvalue weighted by molar-refractivity contribution is 0.311. The second-order valence-corrected chi connectivity index (χ2v) is 10.1. The van der Waals surface area contributed by atoms with Crippen LogP contribution in [0.3, 0.4) is 0 Å². The average Bonchev–Trinajstić information content (AvgIpc) is 3.47. The molecule has 1 aliphatic rings. The van der Waals surface area contributed by atoms with Gasteiger partial charge in [-0.05, 0) is 54.0 Å². The van der Waals surface area contributed by atoms with E-state index in [1.165, 1.54) is 5.56 Å². The Balaban J connectivity index is 1.44. The van der Waals surface area contributed by atoms with Crippen molar-refractivity contribution in [3.05, 3.63) is 133 Å². The van der Waals surface area contributed by atoms with Gasteiger partial charge in [-0.15, -0.1) is 0 Å². The second-order valence-electron chi connectivity index (χ2n) is 10.1. The molecule has 39 heavy (non-hydrogen) atoms. The predicted octanol–water partition coefficient (Wildman–Crippen LogP) is 7.69. The van der Waals surface area contributed by atoms with E-state index in [2.05, 4.69) is 61.7 Å². The number of hydrogen-bond donors (Lipinski definition) is 0. The number of pyridine rings is 2. The van der Waals surface area contributed by atoms with Gasteiger partial charge in [0.05, 0.1) is 17.6 Å². The maximum atomic E-state index is 6.69. The highest BCUT2D eigenvalue weighted by molar-refractivity contribution is 5.85. The molecule has 0 bridgehead atoms. The van der Waals surface area contributed by atoms with E-state index in [0.29, 0.717) is 5.75 Å². The fourth-order valence-corrected chi connectivity index (χ4v) is 5.18. The molecule has 1 aliphatic heterocycles. The van der Waals surface area contributed by atoms with Crippen molar-refractivity contribution in [1.82, 2.24) is 19.7 Å². The van der Waals surface area contributed by atoms with E-state index in [4.69, 9.17) is 9.82 Å². The Bertz CT molecular complexity index is 1700. The number of rotatable bonds is 6. The van der Waals surface area contributed by atoms with Gasteiger partial charge in [0.15, 0.2) is 11.6 Å². The molecule has 4 heterocycles. The first-order valence-corrected chi connectivity index (χ1v) is 12.9. The summed E-state index contributed by atoms with van der Waals surface area (Å²) in [6.07, 6.45) is 13.1. The molecule has 0 unspecified atom stereocenters. The smallest absolute Gasteiger partial charge is 0.173 e. The third-order valence-electron chi connectivity index (χ3n) is 7.23. The van der Waals surface area contributed by atoms with E-state index in [0.717, 1.165) is 45.0 Å². The normalized spacial score (nSPS) is 13.9. The lowest BCUT2D eigenvalue weighted by atomic mass is 9.74. The number of fused-ring (bicyclic) bond motifs is 2. The summed E-state index contributed by atoms with van der Waals surface area (Å²) in [6.45, 7) is 10.5. The van der Waals surface area contributed by atoms with Crippen molar-refractivity contribution in [1.29, 1.82) is 0 Å². The maximum Gasteiger partial charge on any atom is 0.173 e. The van der Waals surface area contributed by atoms with Crippen molar-refractivity contribution in [2.45, 2.75) is 26.2 Å². The summed E-state index contributed by atoms with van der Waals surface area (Å²) in [6, 6.07) is 22.4. The highest BCUT2D eigenvalue weighted by Gasteiger charge is 2.39. The molecule has 6 nitrogen and oxygen atoms in total. The minimum atomic E-state index is -0.260. The fourth-order valence-electron chi connectivity index (χ4n) is 5.18. The van der Waals surface area contributed by atoms with Gasteiger partial charge in [0.1, 0.15) is 0 Å². The molecule has 0 saturated carbocycles. The SMILES string of the molecule is C=C/C=C(\C)c1cccc2c1N(Oc1cccc(-n3cc(-c4ccncc4)cn3)c1)c1ncccc1C2(C)C. The van der Waals surface area contributed by atoms with Crippen molar-refractivity contribution in [2.24, 2.45) is 0 Å². The standard InChI is InChI=1S/C33H29N5O/c1-5-9-23(2)28-12-7-13-29-31(28)38(32-30(33(29,3)4)14-8-17-35-32)39-27-11-6-10-26(20-27)37-22-25(21-36-37)24-15-18-34-19-16-24/h5-22H,1H2,2-4H3/b23-9+. The Morgan fingerprint density at radius 1 is 0.923 bits per heavy atom. The summed E-state index contributed by atoms with van der Waals surface area (Å²) in [4.78, 5) is 15.6. The van der Waals surface area contributed by atoms with Gasteiger partial charge in [-0.3, -0.25) is 4.98 Å². The van der Waals surface area contributed by atoms with Crippen LogP contribution in [0, 0.1) is 0 Å².